The molecule has 0 radical (unpaired) electrons. The van der Waals surface area contributed by atoms with Crippen LogP contribution in [0.15, 0.2) is 36.7 Å². The molecular formula is C16H18N6O3. The lowest BCUT2D eigenvalue weighted by molar-refractivity contribution is 0.129. The lowest BCUT2D eigenvalue weighted by Gasteiger charge is -2.09. The van der Waals surface area contributed by atoms with E-state index < -0.39 is 6.09 Å². The SMILES string of the molecule is COc1cccc(Nc2nccn3c(NC(=O)OC(C)C)nnc23)c1. The number of benzene rings is 1. The first kappa shape index (κ1) is 16.5. The van der Waals surface area contributed by atoms with Gasteiger partial charge in [0.15, 0.2) is 5.82 Å². The number of carbonyl (C=O) groups is 1. The molecule has 3 rings (SSSR count). The molecule has 0 unspecified atom stereocenters. The summed E-state index contributed by atoms with van der Waals surface area (Å²) in [4.78, 5) is 16.0. The minimum absolute atomic E-state index is 0.230. The first-order chi connectivity index (χ1) is 12.1. The normalized spacial score (nSPS) is 10.7. The van der Waals surface area contributed by atoms with Gasteiger partial charge in [0, 0.05) is 24.1 Å². The molecule has 3 aromatic rings. The van der Waals surface area contributed by atoms with Crippen LogP contribution in [-0.2, 0) is 4.74 Å². The monoisotopic (exact) mass is 342 g/mol. The molecule has 2 N–H and O–H groups in total. The zero-order chi connectivity index (χ0) is 17.8. The highest BCUT2D eigenvalue weighted by atomic mass is 16.6. The van der Waals surface area contributed by atoms with E-state index in [-0.39, 0.29) is 12.1 Å². The van der Waals surface area contributed by atoms with Gasteiger partial charge in [-0.1, -0.05) is 6.07 Å². The molecule has 0 saturated heterocycles. The Hall–Kier alpha value is -3.36. The molecule has 0 fully saturated rings. The van der Waals surface area contributed by atoms with E-state index in [9.17, 15) is 4.79 Å². The smallest absolute Gasteiger partial charge is 0.414 e. The number of fused-ring (bicyclic) bond motifs is 1. The Balaban J connectivity index is 1.86. The molecule has 0 bridgehead atoms. The summed E-state index contributed by atoms with van der Waals surface area (Å²) < 4.78 is 11.9. The first-order valence-corrected chi connectivity index (χ1v) is 7.65. The molecule has 0 spiro atoms. The summed E-state index contributed by atoms with van der Waals surface area (Å²) >= 11 is 0. The summed E-state index contributed by atoms with van der Waals surface area (Å²) in [5.41, 5.74) is 1.25. The van der Waals surface area contributed by atoms with Gasteiger partial charge in [-0.05, 0) is 26.0 Å². The van der Waals surface area contributed by atoms with Crippen LogP contribution in [0.1, 0.15) is 13.8 Å². The number of anilines is 3. The van der Waals surface area contributed by atoms with Crippen molar-refractivity contribution in [3.63, 3.8) is 0 Å². The molecule has 9 nitrogen and oxygen atoms in total. The fraction of sp³-hybridized carbons (Fsp3) is 0.250. The average molecular weight is 342 g/mol. The van der Waals surface area contributed by atoms with Crippen molar-refractivity contribution in [1.82, 2.24) is 19.6 Å². The Morgan fingerprint density at radius 1 is 1.28 bits per heavy atom. The molecule has 0 aliphatic carbocycles. The van der Waals surface area contributed by atoms with Crippen molar-refractivity contribution in [2.75, 3.05) is 17.7 Å². The standard InChI is InChI=1S/C16H18N6O3/c1-10(2)25-16(23)19-15-21-20-14-13(17-7-8-22(14)15)18-11-5-4-6-12(9-11)24-3/h4-10H,1-3H3,(H,17,18)(H,19,21,23). The number of aromatic nitrogens is 4. The third-order valence-corrected chi connectivity index (χ3v) is 3.22. The molecule has 130 valence electrons. The van der Waals surface area contributed by atoms with Crippen LogP contribution in [-0.4, -0.2) is 38.9 Å². The Bertz CT molecular complexity index is 892. The summed E-state index contributed by atoms with van der Waals surface area (Å²) in [5.74, 6) is 1.46. The predicted molar refractivity (Wildman–Crippen MR) is 92.3 cm³/mol. The second kappa shape index (κ2) is 7.04. The lowest BCUT2D eigenvalue weighted by Crippen LogP contribution is -2.19. The van der Waals surface area contributed by atoms with Gasteiger partial charge in [0.05, 0.1) is 13.2 Å². The summed E-state index contributed by atoms with van der Waals surface area (Å²) in [6.45, 7) is 3.53. The molecule has 0 aliphatic heterocycles. The summed E-state index contributed by atoms with van der Waals surface area (Å²) in [7, 11) is 1.60. The van der Waals surface area contributed by atoms with Crippen molar-refractivity contribution in [3.8, 4) is 5.75 Å². The van der Waals surface area contributed by atoms with E-state index in [1.807, 2.05) is 24.3 Å². The highest BCUT2D eigenvalue weighted by molar-refractivity contribution is 5.83. The molecule has 25 heavy (non-hydrogen) atoms. The molecular weight excluding hydrogens is 324 g/mol. The number of hydrogen-bond donors (Lipinski definition) is 2. The van der Waals surface area contributed by atoms with Gasteiger partial charge in [-0.3, -0.25) is 9.72 Å². The molecule has 2 aromatic heterocycles. The van der Waals surface area contributed by atoms with Gasteiger partial charge in [-0.2, -0.15) is 0 Å². The highest BCUT2D eigenvalue weighted by Gasteiger charge is 2.14. The van der Waals surface area contributed by atoms with Gasteiger partial charge in [-0.25, -0.2) is 9.78 Å². The van der Waals surface area contributed by atoms with Crippen LogP contribution >= 0.6 is 0 Å². The van der Waals surface area contributed by atoms with Gasteiger partial charge >= 0.3 is 6.09 Å². The molecule has 1 amide bonds. The van der Waals surface area contributed by atoms with Crippen LogP contribution in [0.4, 0.5) is 22.2 Å². The van der Waals surface area contributed by atoms with Gasteiger partial charge in [0.2, 0.25) is 11.6 Å². The fourth-order valence-corrected chi connectivity index (χ4v) is 2.17. The quantitative estimate of drug-likeness (QED) is 0.735. The molecule has 2 heterocycles. The van der Waals surface area contributed by atoms with E-state index in [4.69, 9.17) is 9.47 Å². The second-order valence-corrected chi connectivity index (χ2v) is 5.43. The molecule has 1 aromatic carbocycles. The van der Waals surface area contributed by atoms with E-state index in [2.05, 4.69) is 25.8 Å². The fourth-order valence-electron chi connectivity index (χ4n) is 2.17. The van der Waals surface area contributed by atoms with Crippen LogP contribution in [0, 0.1) is 0 Å². The first-order valence-electron chi connectivity index (χ1n) is 7.65. The third-order valence-electron chi connectivity index (χ3n) is 3.22. The number of hydrogen-bond acceptors (Lipinski definition) is 7. The maximum Gasteiger partial charge on any atom is 0.414 e. The molecule has 0 aliphatic rings. The Morgan fingerprint density at radius 2 is 2.12 bits per heavy atom. The number of amides is 1. The topological polar surface area (TPSA) is 103 Å². The van der Waals surface area contributed by atoms with Crippen LogP contribution in [0.25, 0.3) is 5.65 Å². The van der Waals surface area contributed by atoms with Gasteiger partial charge in [0.1, 0.15) is 5.75 Å². The maximum absolute atomic E-state index is 11.8. The molecule has 9 heteroatoms. The van der Waals surface area contributed by atoms with Crippen LogP contribution < -0.4 is 15.4 Å². The number of carbonyl (C=O) groups excluding carboxylic acids is 1. The Morgan fingerprint density at radius 3 is 2.88 bits per heavy atom. The number of methoxy groups -OCH3 is 1. The van der Waals surface area contributed by atoms with E-state index in [1.54, 1.807) is 37.8 Å². The lowest BCUT2D eigenvalue weighted by atomic mass is 10.3. The van der Waals surface area contributed by atoms with Crippen LogP contribution in [0.5, 0.6) is 5.75 Å². The van der Waals surface area contributed by atoms with E-state index in [0.717, 1.165) is 11.4 Å². The maximum atomic E-state index is 11.8. The number of nitrogens with zero attached hydrogens (tertiary/aromatic N) is 4. The van der Waals surface area contributed by atoms with Crippen molar-refractivity contribution in [3.05, 3.63) is 36.7 Å². The summed E-state index contributed by atoms with van der Waals surface area (Å²) in [5, 5.41) is 13.8. The van der Waals surface area contributed by atoms with Gasteiger partial charge in [-0.15, -0.1) is 10.2 Å². The molecule has 0 atom stereocenters. The van der Waals surface area contributed by atoms with E-state index >= 15 is 0 Å². The minimum Gasteiger partial charge on any atom is -0.497 e. The zero-order valence-electron chi connectivity index (χ0n) is 14.1. The number of rotatable bonds is 5. The van der Waals surface area contributed by atoms with Crippen LogP contribution in [0.2, 0.25) is 0 Å². The summed E-state index contributed by atoms with van der Waals surface area (Å²) in [6.07, 6.45) is 2.41. The third kappa shape index (κ3) is 3.77. The van der Waals surface area contributed by atoms with Crippen molar-refractivity contribution >= 4 is 29.2 Å². The van der Waals surface area contributed by atoms with Crippen molar-refractivity contribution in [2.24, 2.45) is 0 Å². The van der Waals surface area contributed by atoms with Crippen molar-refractivity contribution in [2.45, 2.75) is 20.0 Å². The summed E-state index contributed by atoms with van der Waals surface area (Å²) in [6, 6.07) is 7.42. The Kier molecular flexibility index (Phi) is 4.64. The second-order valence-electron chi connectivity index (χ2n) is 5.43. The minimum atomic E-state index is -0.594. The van der Waals surface area contributed by atoms with E-state index in [0.29, 0.717) is 11.5 Å². The molecule has 0 saturated carbocycles. The van der Waals surface area contributed by atoms with Crippen LogP contribution in [0.3, 0.4) is 0 Å². The number of ether oxygens (including phenoxy) is 2. The number of nitrogens with one attached hydrogen (secondary N) is 2. The highest BCUT2D eigenvalue weighted by Crippen LogP contribution is 2.23. The van der Waals surface area contributed by atoms with Gasteiger partial charge < -0.3 is 14.8 Å². The average Bonchev–Trinajstić information content (AvgIpc) is 2.98. The van der Waals surface area contributed by atoms with Crippen molar-refractivity contribution in [1.29, 1.82) is 0 Å². The zero-order valence-corrected chi connectivity index (χ0v) is 14.1. The van der Waals surface area contributed by atoms with E-state index in [1.165, 1.54) is 0 Å². The predicted octanol–water partition coefficient (Wildman–Crippen LogP) is 2.83. The largest absolute Gasteiger partial charge is 0.497 e. The van der Waals surface area contributed by atoms with Gasteiger partial charge in [0.25, 0.3) is 0 Å². The Labute approximate surface area is 144 Å². The van der Waals surface area contributed by atoms with Crippen molar-refractivity contribution < 1.29 is 14.3 Å².